The second-order valence-corrected chi connectivity index (χ2v) is 2.95. The summed E-state index contributed by atoms with van der Waals surface area (Å²) < 4.78 is 4.68. The Hall–Kier alpha value is -2.08. The maximum atomic E-state index is 11.0. The minimum atomic E-state index is -1.96. The van der Waals surface area contributed by atoms with E-state index in [1.807, 2.05) is 6.07 Å². The molecule has 1 rings (SSSR count). The highest BCUT2D eigenvalue weighted by molar-refractivity contribution is 5.78. The first kappa shape index (κ1) is 12.0. The third-order valence-corrected chi connectivity index (χ3v) is 1.70. The number of carboxylic acid groups (broad SMARTS) is 1. The van der Waals surface area contributed by atoms with Gasteiger partial charge in [0.15, 0.2) is 0 Å². The summed E-state index contributed by atoms with van der Waals surface area (Å²) in [6, 6.07) is 8.88. The van der Waals surface area contributed by atoms with Crippen molar-refractivity contribution in [2.45, 2.75) is 12.8 Å². The van der Waals surface area contributed by atoms with Gasteiger partial charge in [0.05, 0.1) is 0 Å². The van der Waals surface area contributed by atoms with E-state index in [2.05, 4.69) is 4.74 Å². The summed E-state index contributed by atoms with van der Waals surface area (Å²) in [5.74, 6) is -1.54. The Kier molecular flexibility index (Phi) is 4.28. The minimum absolute atomic E-state index is 0.0129. The molecule has 0 saturated heterocycles. The van der Waals surface area contributed by atoms with E-state index in [9.17, 15) is 9.59 Å². The molecule has 1 aromatic rings. The summed E-state index contributed by atoms with van der Waals surface area (Å²) in [6.45, 7) is 0.0129. The van der Waals surface area contributed by atoms with Gasteiger partial charge in [-0.15, -0.1) is 0 Å². The number of nitrogens with one attached hydrogen (secondary N) is 1. The van der Waals surface area contributed by atoms with E-state index in [1.165, 1.54) is 0 Å². The van der Waals surface area contributed by atoms with Crippen LogP contribution in [0, 0.1) is 0 Å². The first-order chi connectivity index (χ1) is 7.59. The van der Waals surface area contributed by atoms with Crippen LogP contribution in [0.15, 0.2) is 30.3 Å². The molecule has 0 spiro atoms. The summed E-state index contributed by atoms with van der Waals surface area (Å²) in [5, 5.41) is 18.8. The fraction of sp³-hybridized carbons (Fsp3) is 0.200. The lowest BCUT2D eigenvalue weighted by Gasteiger charge is -2.08. The van der Waals surface area contributed by atoms with Crippen LogP contribution in [0.25, 0.3) is 0 Å². The number of ether oxygens (including phenoxy) is 1. The number of aliphatic hydroxyl groups excluding tert-OH is 1. The molecule has 86 valence electrons. The second-order valence-electron chi connectivity index (χ2n) is 2.95. The van der Waals surface area contributed by atoms with Gasteiger partial charge < -0.3 is 14.9 Å². The van der Waals surface area contributed by atoms with E-state index in [0.717, 1.165) is 5.56 Å². The molecule has 6 nitrogen and oxygen atoms in total. The molecule has 1 atom stereocenters. The van der Waals surface area contributed by atoms with Gasteiger partial charge in [-0.1, -0.05) is 30.3 Å². The van der Waals surface area contributed by atoms with Gasteiger partial charge in [0.2, 0.25) is 6.23 Å². The second kappa shape index (κ2) is 5.72. The van der Waals surface area contributed by atoms with E-state index in [0.29, 0.717) is 0 Å². The van der Waals surface area contributed by atoms with Gasteiger partial charge in [-0.3, -0.25) is 5.32 Å². The molecule has 0 fully saturated rings. The molecular formula is C10H11NO5. The normalized spacial score (nSPS) is 11.6. The quantitative estimate of drug-likeness (QED) is 0.641. The Labute approximate surface area is 91.5 Å². The van der Waals surface area contributed by atoms with Gasteiger partial charge in [0, 0.05) is 0 Å². The van der Waals surface area contributed by atoms with Crippen LogP contribution in [0.4, 0.5) is 4.79 Å². The summed E-state index contributed by atoms with van der Waals surface area (Å²) in [5.41, 5.74) is 0.766. The average molecular weight is 225 g/mol. The van der Waals surface area contributed by atoms with Crippen molar-refractivity contribution >= 4 is 12.1 Å². The monoisotopic (exact) mass is 225 g/mol. The van der Waals surface area contributed by atoms with Crippen molar-refractivity contribution in [1.29, 1.82) is 0 Å². The third-order valence-electron chi connectivity index (χ3n) is 1.70. The molecule has 1 aromatic carbocycles. The molecule has 0 aliphatic carbocycles. The number of carbonyl (C=O) groups excluding carboxylic acids is 1. The summed E-state index contributed by atoms with van der Waals surface area (Å²) in [7, 11) is 0. The minimum Gasteiger partial charge on any atom is -0.478 e. The first-order valence-corrected chi connectivity index (χ1v) is 4.47. The number of hydrogen-bond donors (Lipinski definition) is 3. The number of benzene rings is 1. The third kappa shape index (κ3) is 3.97. The predicted octanol–water partition coefficient (Wildman–Crippen LogP) is 0.316. The number of hydrogen-bond acceptors (Lipinski definition) is 4. The van der Waals surface area contributed by atoms with Crippen LogP contribution < -0.4 is 5.32 Å². The molecule has 0 radical (unpaired) electrons. The van der Waals surface area contributed by atoms with Crippen LogP contribution >= 0.6 is 0 Å². The van der Waals surface area contributed by atoms with Crippen molar-refractivity contribution in [2.75, 3.05) is 0 Å². The summed E-state index contributed by atoms with van der Waals surface area (Å²) in [4.78, 5) is 21.2. The molecule has 6 heteroatoms. The Bertz CT molecular complexity index is 365. The zero-order chi connectivity index (χ0) is 12.0. The SMILES string of the molecule is O=C(N[C@H](O)C(=O)O)OCc1ccccc1. The van der Waals surface area contributed by atoms with Crippen LogP contribution in [0.2, 0.25) is 0 Å². The Morgan fingerprint density at radius 2 is 1.94 bits per heavy atom. The molecule has 0 saturated carbocycles. The zero-order valence-corrected chi connectivity index (χ0v) is 8.29. The van der Waals surface area contributed by atoms with E-state index >= 15 is 0 Å². The van der Waals surface area contributed by atoms with Crippen molar-refractivity contribution in [2.24, 2.45) is 0 Å². The van der Waals surface area contributed by atoms with Crippen molar-refractivity contribution in [3.05, 3.63) is 35.9 Å². The topological polar surface area (TPSA) is 95.9 Å². The lowest BCUT2D eigenvalue weighted by molar-refractivity contribution is -0.148. The standard InChI is InChI=1S/C10H11NO5/c12-8(9(13)14)11-10(15)16-6-7-4-2-1-3-5-7/h1-5,8,12H,6H2,(H,11,15)(H,13,14)/t8-/m1/s1. The number of rotatable bonds is 4. The lowest BCUT2D eigenvalue weighted by atomic mass is 10.2. The molecule has 0 aromatic heterocycles. The van der Waals surface area contributed by atoms with Crippen molar-refractivity contribution in [1.82, 2.24) is 5.32 Å². The number of alkyl carbamates (subject to hydrolysis) is 1. The van der Waals surface area contributed by atoms with Gasteiger partial charge in [-0.2, -0.15) is 0 Å². The van der Waals surface area contributed by atoms with Crippen molar-refractivity contribution in [3.8, 4) is 0 Å². The average Bonchev–Trinajstić information content (AvgIpc) is 2.27. The van der Waals surface area contributed by atoms with Gasteiger partial charge in [-0.25, -0.2) is 9.59 Å². The molecular weight excluding hydrogens is 214 g/mol. The fourth-order valence-corrected chi connectivity index (χ4v) is 0.938. The van der Waals surface area contributed by atoms with E-state index in [4.69, 9.17) is 10.2 Å². The van der Waals surface area contributed by atoms with Crippen LogP contribution in [0.5, 0.6) is 0 Å². The summed E-state index contributed by atoms with van der Waals surface area (Å²) in [6.07, 6.45) is -2.94. The summed E-state index contributed by atoms with van der Waals surface area (Å²) >= 11 is 0. The number of carbonyl (C=O) groups is 2. The van der Waals surface area contributed by atoms with Gasteiger partial charge in [0.1, 0.15) is 6.61 Å². The Balaban J connectivity index is 2.33. The Morgan fingerprint density at radius 3 is 2.50 bits per heavy atom. The van der Waals surface area contributed by atoms with Crippen LogP contribution in [-0.4, -0.2) is 28.5 Å². The number of aliphatic carboxylic acids is 1. The van der Waals surface area contributed by atoms with Gasteiger partial charge in [0.25, 0.3) is 0 Å². The van der Waals surface area contributed by atoms with Crippen LogP contribution in [-0.2, 0) is 16.1 Å². The fourth-order valence-electron chi connectivity index (χ4n) is 0.938. The van der Waals surface area contributed by atoms with Gasteiger partial charge >= 0.3 is 12.1 Å². The maximum Gasteiger partial charge on any atom is 0.409 e. The molecule has 0 unspecified atom stereocenters. The van der Waals surface area contributed by atoms with Crippen LogP contribution in [0.3, 0.4) is 0 Å². The van der Waals surface area contributed by atoms with E-state index in [1.54, 1.807) is 29.6 Å². The Morgan fingerprint density at radius 1 is 1.31 bits per heavy atom. The highest BCUT2D eigenvalue weighted by Gasteiger charge is 2.16. The van der Waals surface area contributed by atoms with Crippen molar-refractivity contribution < 1.29 is 24.5 Å². The molecule has 3 N–H and O–H groups in total. The number of aliphatic hydroxyl groups is 1. The maximum absolute atomic E-state index is 11.0. The zero-order valence-electron chi connectivity index (χ0n) is 8.29. The molecule has 16 heavy (non-hydrogen) atoms. The lowest BCUT2D eigenvalue weighted by Crippen LogP contribution is -2.40. The van der Waals surface area contributed by atoms with Crippen LogP contribution in [0.1, 0.15) is 5.56 Å². The van der Waals surface area contributed by atoms with E-state index < -0.39 is 18.3 Å². The molecule has 0 aliphatic rings. The van der Waals surface area contributed by atoms with E-state index in [-0.39, 0.29) is 6.61 Å². The molecule has 1 amide bonds. The van der Waals surface area contributed by atoms with Crippen molar-refractivity contribution in [3.63, 3.8) is 0 Å². The highest BCUT2D eigenvalue weighted by atomic mass is 16.6. The highest BCUT2D eigenvalue weighted by Crippen LogP contribution is 2.00. The number of amides is 1. The molecule has 0 bridgehead atoms. The first-order valence-electron chi connectivity index (χ1n) is 4.47. The molecule has 0 heterocycles. The van der Waals surface area contributed by atoms with Gasteiger partial charge in [-0.05, 0) is 5.56 Å². The smallest absolute Gasteiger partial charge is 0.409 e. The largest absolute Gasteiger partial charge is 0.478 e. The predicted molar refractivity (Wildman–Crippen MR) is 53.4 cm³/mol. The number of carboxylic acids is 1. The molecule has 0 aliphatic heterocycles.